The highest BCUT2D eigenvalue weighted by atomic mass is 19.4. The summed E-state index contributed by atoms with van der Waals surface area (Å²) in [6.07, 6.45) is -4.36. The summed E-state index contributed by atoms with van der Waals surface area (Å²) in [5.74, 6) is -2.77. The number of carbonyl (C=O) groups is 2. The number of ether oxygens (including phenoxy) is 1. The van der Waals surface area contributed by atoms with Crippen LogP contribution < -0.4 is 5.73 Å². The first-order valence-corrected chi connectivity index (χ1v) is 5.43. The van der Waals surface area contributed by atoms with Crippen LogP contribution in [0.5, 0.6) is 0 Å². The molecule has 0 saturated carbocycles. The van der Waals surface area contributed by atoms with Gasteiger partial charge < -0.3 is 10.5 Å². The number of esters is 1. The quantitative estimate of drug-likeness (QED) is 0.658. The molecule has 0 aliphatic carbocycles. The van der Waals surface area contributed by atoms with E-state index in [0.29, 0.717) is 12.0 Å². The molecule has 0 heterocycles. The van der Waals surface area contributed by atoms with Crippen molar-refractivity contribution in [3.8, 4) is 0 Å². The molecule has 1 amide bonds. The van der Waals surface area contributed by atoms with E-state index in [2.05, 4.69) is 4.74 Å². The number of carbonyl (C=O) groups excluding carboxylic acids is 2. The third kappa shape index (κ3) is 4.99. The number of rotatable bonds is 5. The normalized spacial score (nSPS) is 11.1. The van der Waals surface area contributed by atoms with Crippen LogP contribution in [0.1, 0.15) is 22.3 Å². The Kier molecular flexibility index (Phi) is 4.91. The van der Waals surface area contributed by atoms with Gasteiger partial charge in [-0.15, -0.1) is 0 Å². The SMILES string of the molecule is NC(=O)c1cccc(CCCOC(=O)C(F)(F)F)c1. The second-order valence-electron chi connectivity index (χ2n) is 3.80. The number of alkyl halides is 3. The van der Waals surface area contributed by atoms with Gasteiger partial charge in [0.1, 0.15) is 0 Å². The number of primary amides is 1. The van der Waals surface area contributed by atoms with Crippen LogP contribution in [-0.2, 0) is 16.0 Å². The van der Waals surface area contributed by atoms with Crippen molar-refractivity contribution in [2.24, 2.45) is 5.73 Å². The maximum Gasteiger partial charge on any atom is 0.490 e. The van der Waals surface area contributed by atoms with Crippen LogP contribution in [0.25, 0.3) is 0 Å². The van der Waals surface area contributed by atoms with E-state index < -0.39 is 18.1 Å². The standard InChI is InChI=1S/C12H12F3NO3/c13-12(14,15)11(18)19-6-2-4-8-3-1-5-9(7-8)10(16)17/h1,3,5,7H,2,4,6H2,(H2,16,17). The lowest BCUT2D eigenvalue weighted by Gasteiger charge is -2.07. The van der Waals surface area contributed by atoms with Crippen molar-refractivity contribution in [2.75, 3.05) is 6.61 Å². The summed E-state index contributed by atoms with van der Waals surface area (Å²) in [6, 6.07) is 6.42. The van der Waals surface area contributed by atoms with Crippen LogP contribution in [0.2, 0.25) is 0 Å². The highest BCUT2D eigenvalue weighted by Gasteiger charge is 2.40. The monoisotopic (exact) mass is 275 g/mol. The molecule has 0 saturated heterocycles. The molecule has 0 aliphatic rings. The molecule has 1 rings (SSSR count). The summed E-state index contributed by atoms with van der Waals surface area (Å²) in [7, 11) is 0. The number of amides is 1. The van der Waals surface area contributed by atoms with Crippen LogP contribution in [0.15, 0.2) is 24.3 Å². The van der Waals surface area contributed by atoms with Crippen LogP contribution in [0, 0.1) is 0 Å². The zero-order valence-corrected chi connectivity index (χ0v) is 9.87. The van der Waals surface area contributed by atoms with Gasteiger partial charge in [0.05, 0.1) is 6.61 Å². The van der Waals surface area contributed by atoms with Crippen molar-refractivity contribution in [3.05, 3.63) is 35.4 Å². The van der Waals surface area contributed by atoms with Crippen molar-refractivity contribution in [1.29, 1.82) is 0 Å². The third-order valence-corrected chi connectivity index (χ3v) is 2.29. The molecule has 2 N–H and O–H groups in total. The number of aryl methyl sites for hydroxylation is 1. The summed E-state index contributed by atoms with van der Waals surface area (Å²) >= 11 is 0. The highest BCUT2D eigenvalue weighted by molar-refractivity contribution is 5.92. The molecule has 104 valence electrons. The predicted octanol–water partition coefficient (Wildman–Crippen LogP) is 1.82. The van der Waals surface area contributed by atoms with Crippen molar-refractivity contribution in [2.45, 2.75) is 19.0 Å². The number of nitrogens with two attached hydrogens (primary N) is 1. The Morgan fingerprint density at radius 1 is 1.26 bits per heavy atom. The van der Waals surface area contributed by atoms with Gasteiger partial charge in [0.25, 0.3) is 0 Å². The molecule has 0 unspecified atom stereocenters. The van der Waals surface area contributed by atoms with Crippen molar-refractivity contribution in [3.63, 3.8) is 0 Å². The summed E-state index contributed by atoms with van der Waals surface area (Å²) < 4.78 is 39.5. The number of hydrogen-bond donors (Lipinski definition) is 1. The van der Waals surface area contributed by atoms with E-state index >= 15 is 0 Å². The lowest BCUT2D eigenvalue weighted by molar-refractivity contribution is -0.199. The first-order chi connectivity index (χ1) is 8.80. The molecular formula is C12H12F3NO3. The zero-order chi connectivity index (χ0) is 14.5. The smallest absolute Gasteiger partial charge is 0.459 e. The van der Waals surface area contributed by atoms with Gasteiger partial charge in [-0.3, -0.25) is 4.79 Å². The van der Waals surface area contributed by atoms with Gasteiger partial charge in [-0.2, -0.15) is 13.2 Å². The van der Waals surface area contributed by atoms with E-state index in [0.717, 1.165) is 5.56 Å². The molecule has 0 aromatic heterocycles. The minimum absolute atomic E-state index is 0.226. The summed E-state index contributed by atoms with van der Waals surface area (Å²) in [4.78, 5) is 21.3. The second-order valence-corrected chi connectivity index (χ2v) is 3.80. The van der Waals surface area contributed by atoms with E-state index in [1.54, 1.807) is 18.2 Å². The maximum atomic E-state index is 11.8. The lowest BCUT2D eigenvalue weighted by atomic mass is 10.1. The number of halogens is 3. The molecule has 0 spiro atoms. The van der Waals surface area contributed by atoms with E-state index in [1.165, 1.54) is 6.07 Å². The molecule has 4 nitrogen and oxygen atoms in total. The molecule has 1 aromatic rings. The summed E-state index contributed by atoms with van der Waals surface area (Å²) in [6.45, 7) is -0.334. The fraction of sp³-hybridized carbons (Fsp3) is 0.333. The molecule has 0 aliphatic heterocycles. The average molecular weight is 275 g/mol. The van der Waals surface area contributed by atoms with Crippen molar-refractivity contribution < 1.29 is 27.5 Å². The maximum absolute atomic E-state index is 11.8. The molecule has 0 radical (unpaired) electrons. The summed E-state index contributed by atoms with van der Waals surface area (Å²) in [5, 5.41) is 0. The average Bonchev–Trinajstić information content (AvgIpc) is 2.33. The lowest BCUT2D eigenvalue weighted by Crippen LogP contribution is -2.25. The number of hydrogen-bond acceptors (Lipinski definition) is 3. The van der Waals surface area contributed by atoms with E-state index in [1.807, 2.05) is 0 Å². The first-order valence-electron chi connectivity index (χ1n) is 5.43. The van der Waals surface area contributed by atoms with Gasteiger partial charge in [0.2, 0.25) is 5.91 Å². The Bertz CT molecular complexity index is 472. The second kappa shape index (κ2) is 6.21. The van der Waals surface area contributed by atoms with Crippen molar-refractivity contribution in [1.82, 2.24) is 0 Å². The van der Waals surface area contributed by atoms with Gasteiger partial charge in [0, 0.05) is 5.56 Å². The Hall–Kier alpha value is -2.05. The molecule has 0 bridgehead atoms. The number of benzene rings is 1. The van der Waals surface area contributed by atoms with Crippen molar-refractivity contribution >= 4 is 11.9 Å². The molecule has 1 aromatic carbocycles. The van der Waals surface area contributed by atoms with Gasteiger partial charge in [-0.25, -0.2) is 4.79 Å². The van der Waals surface area contributed by atoms with Crippen LogP contribution in [0.4, 0.5) is 13.2 Å². The fourth-order valence-electron chi connectivity index (χ4n) is 1.40. The van der Waals surface area contributed by atoms with Gasteiger partial charge in [-0.1, -0.05) is 12.1 Å². The Morgan fingerprint density at radius 2 is 1.95 bits per heavy atom. The largest absolute Gasteiger partial charge is 0.490 e. The van der Waals surface area contributed by atoms with Gasteiger partial charge >= 0.3 is 12.1 Å². The van der Waals surface area contributed by atoms with Crippen LogP contribution in [0.3, 0.4) is 0 Å². The minimum Gasteiger partial charge on any atom is -0.459 e. The summed E-state index contributed by atoms with van der Waals surface area (Å²) in [5.41, 5.74) is 6.15. The first kappa shape index (κ1) is 15.0. The molecule has 19 heavy (non-hydrogen) atoms. The Balaban J connectivity index is 2.40. The van der Waals surface area contributed by atoms with E-state index in [9.17, 15) is 22.8 Å². The van der Waals surface area contributed by atoms with Crippen LogP contribution in [-0.4, -0.2) is 24.7 Å². The third-order valence-electron chi connectivity index (χ3n) is 2.29. The van der Waals surface area contributed by atoms with E-state index in [-0.39, 0.29) is 13.0 Å². The Morgan fingerprint density at radius 3 is 2.53 bits per heavy atom. The van der Waals surface area contributed by atoms with E-state index in [4.69, 9.17) is 5.73 Å². The Labute approximate surface area is 107 Å². The van der Waals surface area contributed by atoms with Crippen LogP contribution >= 0.6 is 0 Å². The molecule has 0 fully saturated rings. The fourth-order valence-corrected chi connectivity index (χ4v) is 1.40. The predicted molar refractivity (Wildman–Crippen MR) is 60.3 cm³/mol. The van der Waals surface area contributed by atoms with Gasteiger partial charge in [0.15, 0.2) is 0 Å². The molecule has 7 heteroatoms. The molecular weight excluding hydrogens is 263 g/mol. The molecule has 0 atom stereocenters. The highest BCUT2D eigenvalue weighted by Crippen LogP contribution is 2.16. The minimum atomic E-state index is -4.97. The zero-order valence-electron chi connectivity index (χ0n) is 9.87. The topological polar surface area (TPSA) is 69.4 Å². The van der Waals surface area contributed by atoms with Gasteiger partial charge in [-0.05, 0) is 30.5 Å².